The van der Waals surface area contributed by atoms with Crippen LogP contribution in [0, 0.1) is 11.6 Å². The standard InChI is InChI=1S/C16H16F2O/c1-11(13-7-3-5-9-15(13)17)19-12(2)14-8-4-6-10-16(14)18/h3-12H,1-2H3/t11-,12-/m1/s1. The van der Waals surface area contributed by atoms with Crippen molar-refractivity contribution >= 4 is 0 Å². The minimum Gasteiger partial charge on any atom is -0.366 e. The molecule has 19 heavy (non-hydrogen) atoms. The van der Waals surface area contributed by atoms with Crippen LogP contribution in [0.4, 0.5) is 8.78 Å². The molecule has 2 rings (SSSR count). The summed E-state index contributed by atoms with van der Waals surface area (Å²) in [6, 6.07) is 12.9. The van der Waals surface area contributed by atoms with Gasteiger partial charge in [0.25, 0.3) is 0 Å². The van der Waals surface area contributed by atoms with Gasteiger partial charge in [-0.25, -0.2) is 8.78 Å². The summed E-state index contributed by atoms with van der Waals surface area (Å²) in [4.78, 5) is 0. The van der Waals surface area contributed by atoms with Gasteiger partial charge in [-0.1, -0.05) is 36.4 Å². The lowest BCUT2D eigenvalue weighted by Gasteiger charge is -2.20. The van der Waals surface area contributed by atoms with Crippen molar-refractivity contribution in [2.45, 2.75) is 26.1 Å². The Labute approximate surface area is 111 Å². The molecule has 0 aliphatic carbocycles. The van der Waals surface area contributed by atoms with Crippen molar-refractivity contribution in [2.24, 2.45) is 0 Å². The summed E-state index contributed by atoms with van der Waals surface area (Å²) in [5.74, 6) is -0.619. The van der Waals surface area contributed by atoms with Crippen molar-refractivity contribution in [3.63, 3.8) is 0 Å². The van der Waals surface area contributed by atoms with Gasteiger partial charge >= 0.3 is 0 Å². The average Bonchev–Trinajstić information content (AvgIpc) is 2.39. The van der Waals surface area contributed by atoms with Crippen LogP contribution < -0.4 is 0 Å². The Bertz CT molecular complexity index is 504. The topological polar surface area (TPSA) is 9.23 Å². The van der Waals surface area contributed by atoms with E-state index in [9.17, 15) is 8.78 Å². The molecule has 3 heteroatoms. The van der Waals surface area contributed by atoms with Crippen LogP contribution in [0.15, 0.2) is 48.5 Å². The Hall–Kier alpha value is -1.74. The largest absolute Gasteiger partial charge is 0.366 e. The van der Waals surface area contributed by atoms with Gasteiger partial charge in [0.05, 0.1) is 12.2 Å². The lowest BCUT2D eigenvalue weighted by atomic mass is 10.1. The van der Waals surface area contributed by atoms with E-state index in [1.54, 1.807) is 50.2 Å². The van der Waals surface area contributed by atoms with Crippen molar-refractivity contribution in [3.05, 3.63) is 71.3 Å². The monoisotopic (exact) mass is 262 g/mol. The highest BCUT2D eigenvalue weighted by atomic mass is 19.1. The van der Waals surface area contributed by atoms with Gasteiger partial charge in [0.2, 0.25) is 0 Å². The van der Waals surface area contributed by atoms with Gasteiger partial charge < -0.3 is 4.74 Å². The van der Waals surface area contributed by atoms with Crippen LogP contribution in [0.1, 0.15) is 37.2 Å². The van der Waals surface area contributed by atoms with Crippen LogP contribution in [0.25, 0.3) is 0 Å². The van der Waals surface area contributed by atoms with E-state index in [-0.39, 0.29) is 11.6 Å². The fraction of sp³-hybridized carbons (Fsp3) is 0.250. The molecule has 0 bridgehead atoms. The van der Waals surface area contributed by atoms with E-state index in [1.807, 2.05) is 0 Å². The molecule has 0 amide bonds. The molecule has 0 aromatic heterocycles. The molecule has 0 aliphatic rings. The second-order valence-corrected chi connectivity index (χ2v) is 4.46. The maximum atomic E-state index is 13.6. The minimum atomic E-state index is -0.434. The SMILES string of the molecule is C[C@@H](O[C@H](C)c1ccccc1F)c1ccccc1F. The van der Waals surface area contributed by atoms with Crippen LogP contribution in [0.5, 0.6) is 0 Å². The Kier molecular flexibility index (Phi) is 4.27. The summed E-state index contributed by atoms with van der Waals surface area (Å²) < 4.78 is 32.9. The molecular formula is C16H16F2O. The number of ether oxygens (including phenoxy) is 1. The van der Waals surface area contributed by atoms with Crippen LogP contribution in [0.2, 0.25) is 0 Å². The van der Waals surface area contributed by atoms with Gasteiger partial charge in [-0.2, -0.15) is 0 Å². The molecule has 0 fully saturated rings. The predicted octanol–water partition coefficient (Wildman–Crippen LogP) is 4.80. The first kappa shape index (κ1) is 13.7. The molecule has 2 atom stereocenters. The Morgan fingerprint density at radius 3 is 1.47 bits per heavy atom. The van der Waals surface area contributed by atoms with E-state index in [1.165, 1.54) is 12.1 Å². The Morgan fingerprint density at radius 2 is 1.11 bits per heavy atom. The molecule has 0 radical (unpaired) electrons. The fourth-order valence-corrected chi connectivity index (χ4v) is 2.06. The molecule has 0 N–H and O–H groups in total. The van der Waals surface area contributed by atoms with Gasteiger partial charge in [-0.15, -0.1) is 0 Å². The third kappa shape index (κ3) is 3.18. The van der Waals surface area contributed by atoms with Crippen LogP contribution in [0.3, 0.4) is 0 Å². The third-order valence-corrected chi connectivity index (χ3v) is 3.09. The highest BCUT2D eigenvalue weighted by Crippen LogP contribution is 2.28. The summed E-state index contributed by atoms with van der Waals surface area (Å²) in [5, 5.41) is 0. The molecule has 0 heterocycles. The van der Waals surface area contributed by atoms with Crippen molar-refractivity contribution < 1.29 is 13.5 Å². The van der Waals surface area contributed by atoms with E-state index in [0.29, 0.717) is 11.1 Å². The smallest absolute Gasteiger partial charge is 0.128 e. The molecule has 1 nitrogen and oxygen atoms in total. The maximum absolute atomic E-state index is 13.6. The summed E-state index contributed by atoms with van der Waals surface area (Å²) in [6.45, 7) is 3.52. The molecule has 0 spiro atoms. The number of halogens is 2. The van der Waals surface area contributed by atoms with Crippen LogP contribution in [-0.2, 0) is 4.74 Å². The number of hydrogen-bond acceptors (Lipinski definition) is 1. The van der Waals surface area contributed by atoms with E-state index < -0.39 is 12.2 Å². The number of benzene rings is 2. The zero-order valence-electron chi connectivity index (χ0n) is 10.9. The Morgan fingerprint density at radius 1 is 0.737 bits per heavy atom. The molecule has 0 saturated carbocycles. The van der Waals surface area contributed by atoms with Gasteiger partial charge in [-0.05, 0) is 26.0 Å². The van der Waals surface area contributed by atoms with Crippen molar-refractivity contribution in [2.75, 3.05) is 0 Å². The van der Waals surface area contributed by atoms with E-state index in [2.05, 4.69) is 0 Å². The number of hydrogen-bond donors (Lipinski definition) is 0. The Balaban J connectivity index is 2.13. The lowest BCUT2D eigenvalue weighted by Crippen LogP contribution is -2.08. The zero-order valence-corrected chi connectivity index (χ0v) is 10.9. The van der Waals surface area contributed by atoms with Gasteiger partial charge in [0, 0.05) is 11.1 Å². The van der Waals surface area contributed by atoms with Crippen LogP contribution >= 0.6 is 0 Å². The summed E-state index contributed by atoms with van der Waals surface area (Å²) in [6.07, 6.45) is -0.869. The van der Waals surface area contributed by atoms with Gasteiger partial charge in [0.15, 0.2) is 0 Å². The summed E-state index contributed by atoms with van der Waals surface area (Å²) in [7, 11) is 0. The molecule has 0 unspecified atom stereocenters. The van der Waals surface area contributed by atoms with E-state index in [4.69, 9.17) is 4.74 Å². The molecule has 2 aromatic rings. The second-order valence-electron chi connectivity index (χ2n) is 4.46. The van der Waals surface area contributed by atoms with Gasteiger partial charge in [0.1, 0.15) is 11.6 Å². The quantitative estimate of drug-likeness (QED) is 0.768. The third-order valence-electron chi connectivity index (χ3n) is 3.09. The first-order chi connectivity index (χ1) is 9.09. The summed E-state index contributed by atoms with van der Waals surface area (Å²) in [5.41, 5.74) is 0.955. The van der Waals surface area contributed by atoms with Crippen molar-refractivity contribution in [1.82, 2.24) is 0 Å². The fourth-order valence-electron chi connectivity index (χ4n) is 2.06. The minimum absolute atomic E-state index is 0.310. The van der Waals surface area contributed by atoms with Crippen molar-refractivity contribution in [3.8, 4) is 0 Å². The molecular weight excluding hydrogens is 246 g/mol. The first-order valence-corrected chi connectivity index (χ1v) is 6.24. The molecule has 2 aromatic carbocycles. The average molecular weight is 262 g/mol. The van der Waals surface area contributed by atoms with E-state index in [0.717, 1.165) is 0 Å². The van der Waals surface area contributed by atoms with Crippen LogP contribution in [-0.4, -0.2) is 0 Å². The molecule has 0 aliphatic heterocycles. The van der Waals surface area contributed by atoms with E-state index >= 15 is 0 Å². The highest BCUT2D eigenvalue weighted by Gasteiger charge is 2.17. The van der Waals surface area contributed by atoms with Crippen molar-refractivity contribution in [1.29, 1.82) is 0 Å². The highest BCUT2D eigenvalue weighted by molar-refractivity contribution is 5.21. The molecule has 100 valence electrons. The first-order valence-electron chi connectivity index (χ1n) is 6.24. The maximum Gasteiger partial charge on any atom is 0.128 e. The molecule has 0 saturated heterocycles. The normalized spacial score (nSPS) is 14.1. The summed E-state index contributed by atoms with van der Waals surface area (Å²) >= 11 is 0. The lowest BCUT2D eigenvalue weighted by molar-refractivity contribution is 0.00230. The predicted molar refractivity (Wildman–Crippen MR) is 70.7 cm³/mol. The second kappa shape index (κ2) is 5.93. The zero-order chi connectivity index (χ0) is 13.8. The number of rotatable bonds is 4. The van der Waals surface area contributed by atoms with Gasteiger partial charge in [-0.3, -0.25) is 0 Å².